The molecule has 2 rings (SSSR count). The van der Waals surface area contributed by atoms with E-state index in [4.69, 9.17) is 20.8 Å². The molecule has 0 unspecified atom stereocenters. The summed E-state index contributed by atoms with van der Waals surface area (Å²) in [5, 5.41) is 15.9. The van der Waals surface area contributed by atoms with Crippen LogP contribution in [-0.2, 0) is 11.3 Å². The van der Waals surface area contributed by atoms with Crippen LogP contribution in [-0.4, -0.2) is 24.1 Å². The van der Waals surface area contributed by atoms with Crippen LogP contribution in [0, 0.1) is 10.1 Å². The number of hydrogen-bond donors (Lipinski definition) is 2. The van der Waals surface area contributed by atoms with Gasteiger partial charge in [-0.1, -0.05) is 11.6 Å². The summed E-state index contributed by atoms with van der Waals surface area (Å²) >= 11 is 5.89. The van der Waals surface area contributed by atoms with Crippen molar-refractivity contribution in [3.8, 4) is 0 Å². The SMILES string of the molecule is O=C(NCCCOCc1ccco1)Nc1ccc([N+](=O)[O-])cc1Cl. The van der Waals surface area contributed by atoms with E-state index in [9.17, 15) is 14.9 Å². The van der Waals surface area contributed by atoms with Crippen molar-refractivity contribution in [2.45, 2.75) is 13.0 Å². The smallest absolute Gasteiger partial charge is 0.319 e. The topological polar surface area (TPSA) is 107 Å². The standard InChI is InChI=1S/C15H16ClN3O5/c16-13-9-11(19(21)22)4-5-14(13)18-15(20)17-6-2-7-23-10-12-3-1-8-24-12/h1,3-5,8-9H,2,6-7,10H2,(H2,17,18,20). The summed E-state index contributed by atoms with van der Waals surface area (Å²) in [5.74, 6) is 0.744. The molecule has 0 bridgehead atoms. The summed E-state index contributed by atoms with van der Waals surface area (Å²) in [7, 11) is 0. The van der Waals surface area contributed by atoms with Crippen LogP contribution in [0.1, 0.15) is 12.2 Å². The third-order valence-electron chi connectivity index (χ3n) is 2.99. The van der Waals surface area contributed by atoms with E-state index in [0.29, 0.717) is 31.9 Å². The zero-order valence-electron chi connectivity index (χ0n) is 12.7. The number of carbonyl (C=O) groups is 1. The summed E-state index contributed by atoms with van der Waals surface area (Å²) in [6.07, 6.45) is 2.20. The number of nitrogens with one attached hydrogen (secondary N) is 2. The van der Waals surface area contributed by atoms with Crippen LogP contribution in [0.5, 0.6) is 0 Å². The number of furan rings is 1. The van der Waals surface area contributed by atoms with Crippen molar-refractivity contribution >= 4 is 29.0 Å². The van der Waals surface area contributed by atoms with E-state index in [0.717, 1.165) is 5.76 Å². The van der Waals surface area contributed by atoms with Gasteiger partial charge >= 0.3 is 6.03 Å². The first kappa shape index (κ1) is 17.8. The highest BCUT2D eigenvalue weighted by Gasteiger charge is 2.11. The van der Waals surface area contributed by atoms with Gasteiger partial charge in [-0.3, -0.25) is 10.1 Å². The van der Waals surface area contributed by atoms with Crippen molar-refractivity contribution in [1.29, 1.82) is 0 Å². The number of urea groups is 1. The minimum absolute atomic E-state index is 0.0983. The van der Waals surface area contributed by atoms with E-state index in [1.807, 2.05) is 6.07 Å². The Morgan fingerprint density at radius 2 is 2.21 bits per heavy atom. The van der Waals surface area contributed by atoms with E-state index in [-0.39, 0.29) is 10.7 Å². The van der Waals surface area contributed by atoms with E-state index < -0.39 is 11.0 Å². The number of ether oxygens (including phenoxy) is 1. The molecular formula is C15H16ClN3O5. The summed E-state index contributed by atoms with van der Waals surface area (Å²) in [4.78, 5) is 21.8. The fourth-order valence-corrected chi connectivity index (χ4v) is 2.05. The molecule has 0 aliphatic heterocycles. The molecule has 0 fully saturated rings. The highest BCUT2D eigenvalue weighted by atomic mass is 35.5. The Bertz CT molecular complexity index is 690. The van der Waals surface area contributed by atoms with Gasteiger partial charge in [0, 0.05) is 25.3 Å². The van der Waals surface area contributed by atoms with E-state index in [2.05, 4.69) is 10.6 Å². The zero-order valence-corrected chi connectivity index (χ0v) is 13.4. The van der Waals surface area contributed by atoms with Gasteiger partial charge in [0.2, 0.25) is 0 Å². The van der Waals surface area contributed by atoms with Gasteiger partial charge in [0.05, 0.1) is 21.9 Å². The second-order valence-corrected chi connectivity index (χ2v) is 5.19. The maximum absolute atomic E-state index is 11.7. The van der Waals surface area contributed by atoms with Gasteiger partial charge in [-0.25, -0.2) is 4.79 Å². The van der Waals surface area contributed by atoms with Gasteiger partial charge in [-0.2, -0.15) is 0 Å². The van der Waals surface area contributed by atoms with Gasteiger partial charge in [-0.15, -0.1) is 0 Å². The Hall–Kier alpha value is -2.58. The van der Waals surface area contributed by atoms with E-state index in [1.54, 1.807) is 12.3 Å². The maximum Gasteiger partial charge on any atom is 0.319 e. The molecule has 9 heteroatoms. The predicted molar refractivity (Wildman–Crippen MR) is 88.1 cm³/mol. The summed E-state index contributed by atoms with van der Waals surface area (Å²) in [6.45, 7) is 1.27. The molecule has 0 saturated carbocycles. The van der Waals surface area contributed by atoms with Crippen molar-refractivity contribution in [3.05, 3.63) is 57.5 Å². The van der Waals surface area contributed by atoms with Gasteiger partial charge in [0.25, 0.3) is 5.69 Å². The molecule has 0 atom stereocenters. The molecule has 1 aromatic carbocycles. The van der Waals surface area contributed by atoms with Crippen molar-refractivity contribution < 1.29 is 18.9 Å². The zero-order chi connectivity index (χ0) is 17.4. The lowest BCUT2D eigenvalue weighted by Gasteiger charge is -2.09. The minimum atomic E-state index is -0.557. The summed E-state index contributed by atoms with van der Waals surface area (Å²) < 4.78 is 10.5. The Morgan fingerprint density at radius 1 is 1.38 bits per heavy atom. The van der Waals surface area contributed by atoms with Crippen LogP contribution in [0.4, 0.5) is 16.2 Å². The van der Waals surface area contributed by atoms with Crippen LogP contribution < -0.4 is 10.6 Å². The van der Waals surface area contributed by atoms with Gasteiger partial charge in [-0.05, 0) is 24.6 Å². The average Bonchev–Trinajstić information content (AvgIpc) is 3.06. The van der Waals surface area contributed by atoms with Crippen molar-refractivity contribution in [2.75, 3.05) is 18.5 Å². The molecule has 8 nitrogen and oxygen atoms in total. The first-order valence-corrected chi connectivity index (χ1v) is 7.53. The third kappa shape index (κ3) is 5.56. The molecule has 1 heterocycles. The lowest BCUT2D eigenvalue weighted by atomic mass is 10.3. The summed E-state index contributed by atoms with van der Waals surface area (Å²) in [5.41, 5.74) is 0.161. The number of anilines is 1. The second-order valence-electron chi connectivity index (χ2n) is 4.79. The lowest BCUT2D eigenvalue weighted by Crippen LogP contribution is -2.30. The number of rotatable bonds is 8. The number of amides is 2. The quantitative estimate of drug-likeness (QED) is 0.428. The normalized spacial score (nSPS) is 10.4. The molecule has 1 aromatic heterocycles. The fourth-order valence-electron chi connectivity index (χ4n) is 1.83. The molecule has 128 valence electrons. The number of nitro groups is 1. The van der Waals surface area contributed by atoms with Gasteiger partial charge in [0.1, 0.15) is 12.4 Å². The molecule has 2 aromatic rings. The number of nitro benzene ring substituents is 1. The van der Waals surface area contributed by atoms with Crippen molar-refractivity contribution in [1.82, 2.24) is 5.32 Å². The highest BCUT2D eigenvalue weighted by molar-refractivity contribution is 6.33. The molecule has 2 N–H and O–H groups in total. The van der Waals surface area contributed by atoms with Gasteiger partial charge < -0.3 is 19.8 Å². The van der Waals surface area contributed by atoms with Crippen LogP contribution in [0.25, 0.3) is 0 Å². The first-order chi connectivity index (χ1) is 11.6. The van der Waals surface area contributed by atoms with E-state index in [1.165, 1.54) is 18.2 Å². The summed E-state index contributed by atoms with van der Waals surface area (Å²) in [6, 6.07) is 6.99. The fraction of sp³-hybridized carbons (Fsp3) is 0.267. The number of benzene rings is 1. The molecule has 0 saturated heterocycles. The van der Waals surface area contributed by atoms with Crippen molar-refractivity contribution in [3.63, 3.8) is 0 Å². The number of halogens is 1. The van der Waals surface area contributed by atoms with Crippen LogP contribution >= 0.6 is 11.6 Å². The number of carbonyl (C=O) groups excluding carboxylic acids is 1. The van der Waals surface area contributed by atoms with Crippen molar-refractivity contribution in [2.24, 2.45) is 0 Å². The van der Waals surface area contributed by atoms with Crippen LogP contribution in [0.3, 0.4) is 0 Å². The monoisotopic (exact) mass is 353 g/mol. The first-order valence-electron chi connectivity index (χ1n) is 7.15. The molecule has 0 spiro atoms. The molecule has 2 amide bonds. The number of hydrogen-bond acceptors (Lipinski definition) is 5. The number of nitrogens with zero attached hydrogens (tertiary/aromatic N) is 1. The predicted octanol–water partition coefficient (Wildman–Crippen LogP) is 3.57. The molecule has 0 aliphatic rings. The van der Waals surface area contributed by atoms with Gasteiger partial charge in [0.15, 0.2) is 0 Å². The Kier molecular flexibility index (Phi) is 6.59. The Morgan fingerprint density at radius 3 is 2.88 bits per heavy atom. The Balaban J connectivity index is 1.65. The lowest BCUT2D eigenvalue weighted by molar-refractivity contribution is -0.384. The second kappa shape index (κ2) is 8.90. The minimum Gasteiger partial charge on any atom is -0.467 e. The van der Waals surface area contributed by atoms with E-state index >= 15 is 0 Å². The molecule has 24 heavy (non-hydrogen) atoms. The average molecular weight is 354 g/mol. The number of non-ortho nitro benzene ring substituents is 1. The molecule has 0 aliphatic carbocycles. The molecule has 0 radical (unpaired) electrons. The largest absolute Gasteiger partial charge is 0.467 e. The maximum atomic E-state index is 11.7. The highest BCUT2D eigenvalue weighted by Crippen LogP contribution is 2.26. The van der Waals surface area contributed by atoms with Crippen LogP contribution in [0.15, 0.2) is 41.0 Å². The van der Waals surface area contributed by atoms with Crippen LogP contribution in [0.2, 0.25) is 5.02 Å². The third-order valence-corrected chi connectivity index (χ3v) is 3.30. The Labute approximate surface area is 142 Å². The molecular weight excluding hydrogens is 338 g/mol.